The molecule has 0 spiro atoms. The van der Waals surface area contributed by atoms with Crippen LogP contribution in [0, 0.1) is 0 Å². The van der Waals surface area contributed by atoms with Crippen molar-refractivity contribution in [2.45, 2.75) is 6.92 Å². The predicted octanol–water partition coefficient (Wildman–Crippen LogP) is 3.68. The van der Waals surface area contributed by atoms with E-state index >= 15 is 0 Å². The number of anilines is 1. The van der Waals surface area contributed by atoms with Crippen LogP contribution in [0.3, 0.4) is 0 Å². The van der Waals surface area contributed by atoms with Crippen molar-refractivity contribution in [2.24, 2.45) is 0 Å². The fourth-order valence-corrected chi connectivity index (χ4v) is 3.57. The van der Waals surface area contributed by atoms with E-state index in [9.17, 15) is 4.79 Å². The molecule has 0 amide bonds. The molecule has 0 aliphatic rings. The average Bonchev–Trinajstić information content (AvgIpc) is 2.81. The number of carbonyl (C=O) groups excluding carboxylic acids is 1. The molecule has 2 aromatic carbocycles. The molecule has 8 nitrogen and oxygen atoms in total. The average molecular weight is 444 g/mol. The zero-order valence-electron chi connectivity index (χ0n) is 18.1. The van der Waals surface area contributed by atoms with Crippen molar-refractivity contribution >= 4 is 35.1 Å². The molecule has 1 heterocycles. The quantitative estimate of drug-likeness (QED) is 0.295. The summed E-state index contributed by atoms with van der Waals surface area (Å²) >= 11 is 4.47. The summed E-state index contributed by atoms with van der Waals surface area (Å²) < 4.78 is 23.4. The van der Waals surface area contributed by atoms with E-state index in [-0.39, 0.29) is 5.78 Å². The predicted molar refractivity (Wildman–Crippen MR) is 123 cm³/mol. The number of nitrogens with one attached hydrogen (secondary N) is 1. The summed E-state index contributed by atoms with van der Waals surface area (Å²) in [6.07, 6.45) is 3.22. The fourth-order valence-electron chi connectivity index (χ4n) is 3.36. The standard InChI is InChI=1S/C22H25N3O5S/c1-6-30-17-8-7-14-15(20(17)25(31)23-2)11-24-12-16(14)21(26)13-9-18(27-3)22(29-5)19(10-13)28-4/h7-12,23,31H,6H2,1-5H3. The highest BCUT2D eigenvalue weighted by atomic mass is 32.1. The summed E-state index contributed by atoms with van der Waals surface area (Å²) in [6, 6.07) is 6.90. The lowest BCUT2D eigenvalue weighted by Crippen LogP contribution is -2.25. The van der Waals surface area contributed by atoms with Crippen LogP contribution >= 0.6 is 12.8 Å². The van der Waals surface area contributed by atoms with Crippen LogP contribution in [0.15, 0.2) is 36.7 Å². The first-order chi connectivity index (χ1) is 15.0. The van der Waals surface area contributed by atoms with Crippen molar-refractivity contribution in [3.8, 4) is 23.0 Å². The number of pyridine rings is 1. The molecule has 164 valence electrons. The molecule has 1 N–H and O–H groups in total. The van der Waals surface area contributed by atoms with Gasteiger partial charge in [0, 0.05) is 36.0 Å². The first-order valence-electron chi connectivity index (χ1n) is 9.55. The van der Waals surface area contributed by atoms with Gasteiger partial charge in [-0.1, -0.05) is 0 Å². The van der Waals surface area contributed by atoms with E-state index < -0.39 is 0 Å². The van der Waals surface area contributed by atoms with Gasteiger partial charge in [-0.15, -0.1) is 0 Å². The van der Waals surface area contributed by atoms with Crippen molar-refractivity contribution in [2.75, 3.05) is 39.4 Å². The van der Waals surface area contributed by atoms with Crippen molar-refractivity contribution < 1.29 is 23.7 Å². The Labute approximate surface area is 186 Å². The smallest absolute Gasteiger partial charge is 0.203 e. The minimum atomic E-state index is -0.234. The summed E-state index contributed by atoms with van der Waals surface area (Å²) in [5.41, 5.74) is 4.43. The monoisotopic (exact) mass is 443 g/mol. The van der Waals surface area contributed by atoms with Gasteiger partial charge in [0.2, 0.25) is 5.75 Å². The Morgan fingerprint density at radius 1 is 1.03 bits per heavy atom. The lowest BCUT2D eigenvalue weighted by molar-refractivity contribution is 0.103. The number of benzene rings is 2. The Kier molecular flexibility index (Phi) is 7.09. The molecule has 0 saturated carbocycles. The number of hydrogen-bond donors (Lipinski definition) is 2. The second-order valence-electron chi connectivity index (χ2n) is 6.41. The van der Waals surface area contributed by atoms with E-state index in [0.717, 1.165) is 0 Å². The first kappa shape index (κ1) is 22.5. The van der Waals surface area contributed by atoms with Gasteiger partial charge in [-0.3, -0.25) is 9.78 Å². The topological polar surface area (TPSA) is 82.2 Å². The number of nitrogens with zero attached hydrogens (tertiary/aromatic N) is 2. The molecule has 0 bridgehead atoms. The number of aromatic nitrogens is 1. The van der Waals surface area contributed by atoms with Gasteiger partial charge >= 0.3 is 0 Å². The third kappa shape index (κ3) is 4.19. The van der Waals surface area contributed by atoms with E-state index in [4.69, 9.17) is 18.9 Å². The third-order valence-corrected chi connectivity index (χ3v) is 5.17. The Morgan fingerprint density at radius 2 is 1.71 bits per heavy atom. The maximum atomic E-state index is 13.5. The van der Waals surface area contributed by atoms with E-state index in [0.29, 0.717) is 57.2 Å². The number of ether oxygens (including phenoxy) is 4. The summed E-state index contributed by atoms with van der Waals surface area (Å²) in [4.78, 5) is 17.8. The number of carbonyl (C=O) groups is 1. The van der Waals surface area contributed by atoms with E-state index in [1.54, 1.807) is 31.6 Å². The molecule has 0 atom stereocenters. The molecule has 1 aromatic heterocycles. The third-order valence-electron chi connectivity index (χ3n) is 4.77. The lowest BCUT2D eigenvalue weighted by Gasteiger charge is -2.22. The highest BCUT2D eigenvalue weighted by molar-refractivity contribution is 7.81. The normalized spacial score (nSPS) is 10.6. The highest BCUT2D eigenvalue weighted by Crippen LogP contribution is 2.40. The van der Waals surface area contributed by atoms with Crippen LogP contribution < -0.4 is 28.8 Å². The van der Waals surface area contributed by atoms with Gasteiger partial charge in [0.05, 0.1) is 27.9 Å². The van der Waals surface area contributed by atoms with Crippen LogP contribution in [0.25, 0.3) is 10.8 Å². The van der Waals surface area contributed by atoms with E-state index in [1.165, 1.54) is 25.7 Å². The zero-order chi connectivity index (χ0) is 22.5. The molecule has 9 heteroatoms. The van der Waals surface area contributed by atoms with Gasteiger partial charge in [0.25, 0.3) is 0 Å². The van der Waals surface area contributed by atoms with Crippen LogP contribution in [-0.4, -0.2) is 45.8 Å². The Balaban J connectivity index is 2.21. The van der Waals surface area contributed by atoms with Gasteiger partial charge in [0.15, 0.2) is 17.3 Å². The van der Waals surface area contributed by atoms with Gasteiger partial charge in [-0.05, 0) is 49.4 Å². The van der Waals surface area contributed by atoms with Gasteiger partial charge in [-0.2, -0.15) is 0 Å². The number of rotatable bonds is 9. The summed E-state index contributed by atoms with van der Waals surface area (Å²) in [6.45, 7) is 2.39. The minimum absolute atomic E-state index is 0.234. The van der Waals surface area contributed by atoms with E-state index in [2.05, 4.69) is 23.2 Å². The second kappa shape index (κ2) is 9.76. The Bertz CT molecular complexity index is 1080. The van der Waals surface area contributed by atoms with Crippen molar-refractivity contribution in [3.05, 3.63) is 47.8 Å². The fraction of sp³-hybridized carbons (Fsp3) is 0.273. The number of fused-ring (bicyclic) bond motifs is 1. The Hall–Kier alpha value is -3.17. The van der Waals surface area contributed by atoms with Crippen LogP contribution in [0.4, 0.5) is 5.69 Å². The summed E-state index contributed by atoms with van der Waals surface area (Å²) in [5, 5.41) is 1.43. The molecule has 0 unspecified atom stereocenters. The zero-order valence-corrected chi connectivity index (χ0v) is 18.9. The molecule has 0 saturated heterocycles. The summed E-state index contributed by atoms with van der Waals surface area (Å²) in [7, 11) is 6.26. The van der Waals surface area contributed by atoms with Gasteiger partial charge in [0.1, 0.15) is 11.4 Å². The molecule has 3 rings (SSSR count). The SMILES string of the molecule is CCOc1ccc2c(C(=O)c3cc(OC)c(OC)c(OC)c3)cncc2c1N(S)NC. The van der Waals surface area contributed by atoms with Crippen LogP contribution in [0.1, 0.15) is 22.8 Å². The van der Waals surface area contributed by atoms with Crippen LogP contribution in [-0.2, 0) is 0 Å². The number of methoxy groups -OCH3 is 3. The largest absolute Gasteiger partial charge is 0.493 e. The molecule has 0 fully saturated rings. The van der Waals surface area contributed by atoms with Crippen molar-refractivity contribution in [1.29, 1.82) is 0 Å². The number of hydrazine groups is 1. The summed E-state index contributed by atoms with van der Waals surface area (Å²) in [5.74, 6) is 1.60. The van der Waals surface area contributed by atoms with Crippen molar-refractivity contribution in [1.82, 2.24) is 10.4 Å². The highest BCUT2D eigenvalue weighted by Gasteiger charge is 2.22. The van der Waals surface area contributed by atoms with Crippen LogP contribution in [0.5, 0.6) is 23.0 Å². The van der Waals surface area contributed by atoms with E-state index in [1.807, 2.05) is 19.1 Å². The molecular formula is C22H25N3O5S. The Morgan fingerprint density at radius 3 is 2.26 bits per heavy atom. The van der Waals surface area contributed by atoms with Crippen molar-refractivity contribution in [3.63, 3.8) is 0 Å². The second-order valence-corrected chi connectivity index (χ2v) is 6.81. The maximum Gasteiger partial charge on any atom is 0.203 e. The molecule has 3 aromatic rings. The number of ketones is 1. The molecule has 0 aliphatic heterocycles. The maximum absolute atomic E-state index is 13.5. The number of thiol groups is 1. The number of hydrogen-bond acceptors (Lipinski definition) is 9. The van der Waals surface area contributed by atoms with Gasteiger partial charge < -0.3 is 18.9 Å². The first-order valence-corrected chi connectivity index (χ1v) is 9.95. The van der Waals surface area contributed by atoms with Crippen LogP contribution in [0.2, 0.25) is 0 Å². The molecule has 0 radical (unpaired) electrons. The van der Waals surface area contributed by atoms with Gasteiger partial charge in [-0.25, -0.2) is 9.84 Å². The minimum Gasteiger partial charge on any atom is -0.493 e. The molecule has 0 aliphatic carbocycles. The lowest BCUT2D eigenvalue weighted by atomic mass is 9.98. The molecule has 31 heavy (non-hydrogen) atoms. The molecular weight excluding hydrogens is 418 g/mol.